The lowest BCUT2D eigenvalue weighted by atomic mass is 9.78. The summed E-state index contributed by atoms with van der Waals surface area (Å²) in [6, 6.07) is 6.65. The molecule has 1 saturated carbocycles. The molecule has 7 nitrogen and oxygen atoms in total. The number of pyridine rings is 1. The van der Waals surface area contributed by atoms with Crippen molar-refractivity contribution in [1.82, 2.24) is 10.1 Å². The fraction of sp³-hybridized carbons (Fsp3) is 0.409. The average Bonchev–Trinajstić information content (AvgIpc) is 3.41. The Hall–Kier alpha value is -2.93. The molecule has 2 fully saturated rings. The largest absolute Gasteiger partial charge is 0.381 e. The van der Waals surface area contributed by atoms with Gasteiger partial charge in [-0.3, -0.25) is 9.78 Å². The molecule has 0 radical (unpaired) electrons. The molecule has 0 unspecified atom stereocenters. The Balaban J connectivity index is 1.46. The van der Waals surface area contributed by atoms with Crippen LogP contribution in [0.5, 0.6) is 0 Å². The Morgan fingerprint density at radius 1 is 1.24 bits per heavy atom. The summed E-state index contributed by atoms with van der Waals surface area (Å²) in [7, 11) is 0. The van der Waals surface area contributed by atoms with Crippen molar-refractivity contribution in [1.29, 1.82) is 0 Å². The number of benzene rings is 1. The van der Waals surface area contributed by atoms with Crippen molar-refractivity contribution >= 4 is 28.4 Å². The molecule has 0 atom stereocenters. The summed E-state index contributed by atoms with van der Waals surface area (Å²) in [4.78, 5) is 17.6. The maximum Gasteiger partial charge on any atom is 0.236 e. The summed E-state index contributed by atoms with van der Waals surface area (Å²) >= 11 is 0. The van der Waals surface area contributed by atoms with Crippen LogP contribution in [0.15, 0.2) is 28.9 Å². The van der Waals surface area contributed by atoms with Gasteiger partial charge >= 0.3 is 0 Å². The molecule has 3 aliphatic rings. The second kappa shape index (κ2) is 6.03. The second-order valence-electron chi connectivity index (χ2n) is 8.35. The smallest absolute Gasteiger partial charge is 0.236 e. The summed E-state index contributed by atoms with van der Waals surface area (Å²) in [6.45, 7) is 3.23. The fourth-order valence-electron chi connectivity index (χ4n) is 4.60. The van der Waals surface area contributed by atoms with Crippen molar-refractivity contribution < 1.29 is 14.1 Å². The minimum Gasteiger partial charge on any atom is -0.381 e. The van der Waals surface area contributed by atoms with Crippen LogP contribution < -0.4 is 10.6 Å². The zero-order chi connectivity index (χ0) is 19.6. The van der Waals surface area contributed by atoms with Crippen molar-refractivity contribution in [3.05, 3.63) is 35.7 Å². The Bertz CT molecular complexity index is 1140. The number of hydrogen-bond acceptors (Lipinski definition) is 6. The first-order valence-electron chi connectivity index (χ1n) is 10.2. The van der Waals surface area contributed by atoms with Crippen molar-refractivity contribution in [3.8, 4) is 11.1 Å². The van der Waals surface area contributed by atoms with Gasteiger partial charge in [0.1, 0.15) is 0 Å². The number of anilines is 2. The molecule has 7 heteroatoms. The van der Waals surface area contributed by atoms with E-state index in [1.54, 1.807) is 0 Å². The molecule has 148 valence electrons. The molecule has 1 amide bonds. The third kappa shape index (κ3) is 2.50. The number of aryl methyl sites for hydroxylation is 1. The van der Waals surface area contributed by atoms with E-state index in [9.17, 15) is 4.79 Å². The maximum atomic E-state index is 12.8. The number of ether oxygens (including phenoxy) is 1. The van der Waals surface area contributed by atoms with Crippen LogP contribution in [0.2, 0.25) is 0 Å². The average molecular weight is 390 g/mol. The Kier molecular flexibility index (Phi) is 3.53. The highest BCUT2D eigenvalue weighted by Crippen LogP contribution is 2.45. The lowest BCUT2D eigenvalue weighted by molar-refractivity contribution is -0.124. The zero-order valence-corrected chi connectivity index (χ0v) is 16.2. The number of rotatable bonds is 3. The topological polar surface area (TPSA) is 89.3 Å². The minimum absolute atomic E-state index is 0.0333. The summed E-state index contributed by atoms with van der Waals surface area (Å²) in [5, 5.41) is 11.7. The van der Waals surface area contributed by atoms with Crippen LogP contribution >= 0.6 is 0 Å². The highest BCUT2D eigenvalue weighted by Gasteiger charge is 2.49. The molecule has 1 aliphatic carbocycles. The maximum absolute atomic E-state index is 12.8. The van der Waals surface area contributed by atoms with E-state index in [1.807, 2.05) is 12.3 Å². The number of amides is 1. The highest BCUT2D eigenvalue weighted by molar-refractivity contribution is 6.07. The van der Waals surface area contributed by atoms with Crippen LogP contribution in [0.1, 0.15) is 36.9 Å². The van der Waals surface area contributed by atoms with Gasteiger partial charge in [0, 0.05) is 36.6 Å². The third-order valence-corrected chi connectivity index (χ3v) is 6.43. The Morgan fingerprint density at radius 2 is 2.07 bits per heavy atom. The predicted octanol–water partition coefficient (Wildman–Crippen LogP) is 3.77. The van der Waals surface area contributed by atoms with Crippen LogP contribution in [0, 0.1) is 6.92 Å². The van der Waals surface area contributed by atoms with Gasteiger partial charge in [0.2, 0.25) is 5.91 Å². The molecule has 2 N–H and O–H groups in total. The lowest BCUT2D eigenvalue weighted by Gasteiger charge is -2.30. The van der Waals surface area contributed by atoms with Crippen molar-refractivity contribution in [2.24, 2.45) is 0 Å². The summed E-state index contributed by atoms with van der Waals surface area (Å²) in [5.74, 6) is 0.832. The molecule has 29 heavy (non-hydrogen) atoms. The van der Waals surface area contributed by atoms with E-state index in [1.165, 1.54) is 12.8 Å². The van der Waals surface area contributed by atoms with Gasteiger partial charge in [-0.1, -0.05) is 11.2 Å². The second-order valence-corrected chi connectivity index (χ2v) is 8.35. The van der Waals surface area contributed by atoms with E-state index >= 15 is 0 Å². The van der Waals surface area contributed by atoms with Crippen molar-refractivity contribution in [2.75, 3.05) is 23.8 Å². The van der Waals surface area contributed by atoms with Crippen LogP contribution in [0.4, 0.5) is 11.5 Å². The van der Waals surface area contributed by atoms with Crippen LogP contribution in [-0.2, 0) is 14.9 Å². The molecule has 2 aliphatic heterocycles. The minimum atomic E-state index is -0.555. The zero-order valence-electron chi connectivity index (χ0n) is 16.2. The lowest BCUT2D eigenvalue weighted by Crippen LogP contribution is -2.40. The van der Waals surface area contributed by atoms with Gasteiger partial charge in [-0.25, -0.2) is 0 Å². The van der Waals surface area contributed by atoms with E-state index in [-0.39, 0.29) is 5.91 Å². The number of aromatic nitrogens is 2. The third-order valence-electron chi connectivity index (χ3n) is 6.43. The molecular formula is C22H22N4O3. The Morgan fingerprint density at radius 3 is 2.86 bits per heavy atom. The van der Waals surface area contributed by atoms with Gasteiger partial charge in [0.05, 0.1) is 22.2 Å². The number of carbonyl (C=O) groups excluding carboxylic acids is 1. The van der Waals surface area contributed by atoms with Crippen LogP contribution in [0.3, 0.4) is 0 Å². The number of hydrogen-bond donors (Lipinski definition) is 2. The normalized spacial score (nSPS) is 20.1. The number of fused-ring (bicyclic) bond motifs is 3. The molecule has 1 spiro atoms. The van der Waals surface area contributed by atoms with E-state index in [0.29, 0.717) is 32.1 Å². The van der Waals surface area contributed by atoms with Crippen LogP contribution in [0.25, 0.3) is 22.1 Å². The quantitative estimate of drug-likeness (QED) is 0.708. The summed E-state index contributed by atoms with van der Waals surface area (Å²) in [5.41, 5.74) is 4.80. The Labute approximate surface area is 167 Å². The molecular weight excluding hydrogens is 368 g/mol. The molecule has 1 aromatic carbocycles. The van der Waals surface area contributed by atoms with Gasteiger partial charge in [-0.15, -0.1) is 0 Å². The molecule has 0 bridgehead atoms. The van der Waals surface area contributed by atoms with E-state index in [2.05, 4.69) is 34.8 Å². The van der Waals surface area contributed by atoms with E-state index in [0.717, 1.165) is 44.9 Å². The molecule has 2 aromatic heterocycles. The van der Waals surface area contributed by atoms with E-state index < -0.39 is 5.41 Å². The first-order valence-corrected chi connectivity index (χ1v) is 10.2. The highest BCUT2D eigenvalue weighted by atomic mass is 16.5. The first kappa shape index (κ1) is 17.0. The molecule has 3 aromatic rings. The molecule has 1 saturated heterocycles. The van der Waals surface area contributed by atoms with Gasteiger partial charge in [-0.2, -0.15) is 0 Å². The summed E-state index contributed by atoms with van der Waals surface area (Å²) < 4.78 is 11.2. The SMILES string of the molecule is Cc1ccc2c(NC3CC3)noc2c1-c1cnc2c(c1)NC(=O)C21CCOCC1. The number of nitrogens with one attached hydrogen (secondary N) is 2. The number of carbonyl (C=O) groups is 1. The monoisotopic (exact) mass is 390 g/mol. The van der Waals surface area contributed by atoms with Gasteiger partial charge in [0.25, 0.3) is 0 Å². The van der Waals surface area contributed by atoms with Gasteiger partial charge in [-0.05, 0) is 50.3 Å². The van der Waals surface area contributed by atoms with Gasteiger partial charge in [0.15, 0.2) is 11.4 Å². The molecule has 4 heterocycles. The van der Waals surface area contributed by atoms with Crippen molar-refractivity contribution in [2.45, 2.75) is 44.1 Å². The van der Waals surface area contributed by atoms with Crippen molar-refractivity contribution in [3.63, 3.8) is 0 Å². The van der Waals surface area contributed by atoms with Crippen LogP contribution in [-0.4, -0.2) is 35.3 Å². The molecule has 6 rings (SSSR count). The van der Waals surface area contributed by atoms with E-state index in [4.69, 9.17) is 14.2 Å². The standard InChI is InChI=1S/C22H22N4O3/c1-12-2-5-15-18(29-26-20(15)24-14-3-4-14)17(12)13-10-16-19(23-11-13)22(21(27)25-16)6-8-28-9-7-22/h2,5,10-11,14H,3-4,6-9H2,1H3,(H,24,26)(H,25,27). The predicted molar refractivity (Wildman–Crippen MR) is 109 cm³/mol. The van der Waals surface area contributed by atoms with Gasteiger partial charge < -0.3 is 19.9 Å². The summed E-state index contributed by atoms with van der Waals surface area (Å²) in [6.07, 6.45) is 5.55. The number of nitrogens with zero attached hydrogens (tertiary/aromatic N) is 2. The first-order chi connectivity index (χ1) is 14.2. The fourth-order valence-corrected chi connectivity index (χ4v) is 4.60.